The van der Waals surface area contributed by atoms with Gasteiger partial charge in [-0.3, -0.25) is 9.59 Å². The van der Waals surface area contributed by atoms with Gasteiger partial charge in [-0.05, 0) is 79.5 Å². The van der Waals surface area contributed by atoms with E-state index < -0.39 is 6.04 Å². The molecule has 1 unspecified atom stereocenters. The lowest BCUT2D eigenvalue weighted by atomic mass is 10.1. The number of thiazole rings is 1. The number of amides is 2. The molecule has 2 heterocycles. The van der Waals surface area contributed by atoms with Gasteiger partial charge in [0.2, 0.25) is 5.91 Å². The third-order valence-corrected chi connectivity index (χ3v) is 6.82. The van der Waals surface area contributed by atoms with Crippen molar-refractivity contribution in [3.63, 3.8) is 0 Å². The number of benzene rings is 3. The maximum Gasteiger partial charge on any atom is 0.251 e. The zero-order valence-corrected chi connectivity index (χ0v) is 18.9. The summed E-state index contributed by atoms with van der Waals surface area (Å²) in [4.78, 5) is 31.4. The van der Waals surface area contributed by atoms with E-state index in [4.69, 9.17) is 4.98 Å². The van der Waals surface area contributed by atoms with E-state index in [1.807, 2.05) is 30.3 Å². The second kappa shape index (κ2) is 8.84. The molecule has 166 valence electrons. The number of fused-ring (bicyclic) bond motifs is 1. The minimum absolute atomic E-state index is 0.112. The number of nitrogens with one attached hydrogen (secondary N) is 1. The normalized spacial score (nSPS) is 16.2. The zero-order valence-electron chi connectivity index (χ0n) is 18.0. The first-order valence-corrected chi connectivity index (χ1v) is 11.6. The molecule has 1 aliphatic heterocycles. The number of nitrogens with zero attached hydrogens (tertiary/aromatic N) is 2. The smallest absolute Gasteiger partial charge is 0.251 e. The Labute approximate surface area is 194 Å². The standard InChI is InChI=1S/C26H22FN3O2S/c1-16-5-10-21-23(13-16)33-25(29-21)18-6-8-20(9-7-18)30-24(31)15-22(26(30)32)28-12-11-17-3-2-4-19(27)14-17/h2-10,13-14,22,28H,11-12,15H2,1H3. The molecule has 1 N–H and O–H groups in total. The van der Waals surface area contributed by atoms with E-state index in [2.05, 4.69) is 18.3 Å². The van der Waals surface area contributed by atoms with Gasteiger partial charge >= 0.3 is 0 Å². The van der Waals surface area contributed by atoms with Crippen LogP contribution in [-0.2, 0) is 16.0 Å². The summed E-state index contributed by atoms with van der Waals surface area (Å²) < 4.78 is 14.5. The Morgan fingerprint density at radius 1 is 1.09 bits per heavy atom. The average Bonchev–Trinajstić information content (AvgIpc) is 3.34. The van der Waals surface area contributed by atoms with E-state index in [9.17, 15) is 14.0 Å². The molecule has 7 heteroatoms. The molecule has 5 nitrogen and oxygen atoms in total. The maximum atomic E-state index is 13.3. The minimum atomic E-state index is -0.571. The number of hydrogen-bond acceptors (Lipinski definition) is 5. The Bertz CT molecular complexity index is 1350. The van der Waals surface area contributed by atoms with Crippen LogP contribution in [0.15, 0.2) is 66.7 Å². The Morgan fingerprint density at radius 3 is 2.70 bits per heavy atom. The van der Waals surface area contributed by atoms with E-state index in [0.29, 0.717) is 18.7 Å². The fourth-order valence-corrected chi connectivity index (χ4v) is 5.12. The molecule has 1 aromatic heterocycles. The number of rotatable bonds is 6. The van der Waals surface area contributed by atoms with E-state index in [1.165, 1.54) is 22.6 Å². The van der Waals surface area contributed by atoms with Gasteiger partial charge in [0.05, 0.1) is 28.4 Å². The summed E-state index contributed by atoms with van der Waals surface area (Å²) in [7, 11) is 0. The van der Waals surface area contributed by atoms with Crippen molar-refractivity contribution in [1.82, 2.24) is 10.3 Å². The van der Waals surface area contributed by atoms with Crippen molar-refractivity contribution in [2.45, 2.75) is 25.8 Å². The van der Waals surface area contributed by atoms with Crippen LogP contribution in [0.25, 0.3) is 20.8 Å². The molecule has 33 heavy (non-hydrogen) atoms. The molecule has 0 spiro atoms. The summed E-state index contributed by atoms with van der Waals surface area (Å²) in [6.45, 7) is 2.54. The lowest BCUT2D eigenvalue weighted by molar-refractivity contribution is -0.121. The van der Waals surface area contributed by atoms with Crippen molar-refractivity contribution in [3.8, 4) is 10.6 Å². The molecule has 5 rings (SSSR count). The first-order chi connectivity index (χ1) is 16.0. The summed E-state index contributed by atoms with van der Waals surface area (Å²) >= 11 is 1.62. The number of aromatic nitrogens is 1. The first-order valence-electron chi connectivity index (χ1n) is 10.8. The van der Waals surface area contributed by atoms with Crippen molar-refractivity contribution >= 4 is 39.1 Å². The van der Waals surface area contributed by atoms with Gasteiger partial charge in [-0.2, -0.15) is 0 Å². The molecule has 3 aromatic carbocycles. The van der Waals surface area contributed by atoms with Crippen molar-refractivity contribution in [1.29, 1.82) is 0 Å². The number of anilines is 1. The number of imide groups is 1. The van der Waals surface area contributed by atoms with Crippen molar-refractivity contribution < 1.29 is 14.0 Å². The van der Waals surface area contributed by atoms with Crippen LogP contribution in [0.3, 0.4) is 0 Å². The number of carbonyl (C=O) groups excluding carboxylic acids is 2. The molecule has 1 aliphatic rings. The maximum absolute atomic E-state index is 13.3. The number of carbonyl (C=O) groups is 2. The third-order valence-electron chi connectivity index (χ3n) is 5.76. The molecule has 0 radical (unpaired) electrons. The Morgan fingerprint density at radius 2 is 1.91 bits per heavy atom. The highest BCUT2D eigenvalue weighted by Crippen LogP contribution is 2.32. The van der Waals surface area contributed by atoms with Crippen molar-refractivity contribution in [2.75, 3.05) is 11.4 Å². The number of halogens is 1. The predicted molar refractivity (Wildman–Crippen MR) is 129 cm³/mol. The fraction of sp³-hybridized carbons (Fsp3) is 0.192. The van der Waals surface area contributed by atoms with Crippen LogP contribution < -0.4 is 10.2 Å². The molecular formula is C26H22FN3O2S. The molecule has 1 fully saturated rings. The zero-order chi connectivity index (χ0) is 22.9. The molecule has 2 amide bonds. The van der Waals surface area contributed by atoms with Crippen LogP contribution in [0.4, 0.5) is 10.1 Å². The summed E-state index contributed by atoms with van der Waals surface area (Å²) in [6.07, 6.45) is 0.688. The third kappa shape index (κ3) is 4.42. The van der Waals surface area contributed by atoms with Crippen LogP contribution in [0, 0.1) is 12.7 Å². The predicted octanol–water partition coefficient (Wildman–Crippen LogP) is 4.88. The second-order valence-electron chi connectivity index (χ2n) is 8.20. The molecule has 0 bridgehead atoms. The molecule has 0 aliphatic carbocycles. The van der Waals surface area contributed by atoms with Gasteiger partial charge in [0.1, 0.15) is 10.8 Å². The van der Waals surface area contributed by atoms with Gasteiger partial charge in [0, 0.05) is 5.56 Å². The van der Waals surface area contributed by atoms with Crippen molar-refractivity contribution in [2.24, 2.45) is 0 Å². The molecule has 0 saturated carbocycles. The van der Waals surface area contributed by atoms with Gasteiger partial charge in [-0.25, -0.2) is 14.3 Å². The van der Waals surface area contributed by atoms with E-state index in [-0.39, 0.29) is 24.1 Å². The largest absolute Gasteiger partial charge is 0.305 e. The Kier molecular flexibility index (Phi) is 5.74. The summed E-state index contributed by atoms with van der Waals surface area (Å²) in [5.41, 5.74) is 4.50. The summed E-state index contributed by atoms with van der Waals surface area (Å²) in [6, 6.07) is 19.4. The van der Waals surface area contributed by atoms with Gasteiger partial charge in [-0.1, -0.05) is 18.2 Å². The van der Waals surface area contributed by atoms with Crippen molar-refractivity contribution in [3.05, 3.63) is 83.7 Å². The van der Waals surface area contributed by atoms with Crippen LogP contribution in [0.1, 0.15) is 17.5 Å². The van der Waals surface area contributed by atoms with Crippen LogP contribution in [0.5, 0.6) is 0 Å². The fourth-order valence-electron chi connectivity index (χ4n) is 4.05. The quantitative estimate of drug-likeness (QED) is 0.418. The molecule has 1 atom stereocenters. The minimum Gasteiger partial charge on any atom is -0.305 e. The molecule has 4 aromatic rings. The molecule has 1 saturated heterocycles. The van der Waals surface area contributed by atoms with E-state index >= 15 is 0 Å². The van der Waals surface area contributed by atoms with Crippen LogP contribution in [0.2, 0.25) is 0 Å². The van der Waals surface area contributed by atoms with E-state index in [1.54, 1.807) is 29.5 Å². The van der Waals surface area contributed by atoms with Gasteiger partial charge in [0.15, 0.2) is 0 Å². The highest BCUT2D eigenvalue weighted by Gasteiger charge is 2.39. The first kappa shape index (κ1) is 21.4. The highest BCUT2D eigenvalue weighted by atomic mass is 32.1. The number of aryl methyl sites for hydroxylation is 1. The van der Waals surface area contributed by atoms with Gasteiger partial charge in [-0.15, -0.1) is 11.3 Å². The summed E-state index contributed by atoms with van der Waals surface area (Å²) in [5.74, 6) is -0.774. The van der Waals surface area contributed by atoms with Crippen LogP contribution >= 0.6 is 11.3 Å². The average molecular weight is 460 g/mol. The van der Waals surface area contributed by atoms with E-state index in [0.717, 1.165) is 26.4 Å². The topological polar surface area (TPSA) is 62.3 Å². The van der Waals surface area contributed by atoms with Gasteiger partial charge in [0.25, 0.3) is 5.91 Å². The van der Waals surface area contributed by atoms with Gasteiger partial charge < -0.3 is 5.32 Å². The SMILES string of the molecule is Cc1ccc2nc(-c3ccc(N4C(=O)CC(NCCc5cccc(F)c5)C4=O)cc3)sc2c1. The summed E-state index contributed by atoms with van der Waals surface area (Å²) in [5, 5.41) is 4.04. The van der Waals surface area contributed by atoms with Crippen LogP contribution in [-0.4, -0.2) is 29.4 Å². The Hall–Kier alpha value is -3.42. The highest BCUT2D eigenvalue weighted by molar-refractivity contribution is 7.21. The monoisotopic (exact) mass is 459 g/mol. The molecular weight excluding hydrogens is 437 g/mol. The Balaban J connectivity index is 1.26. The second-order valence-corrected chi connectivity index (χ2v) is 9.23. The lowest BCUT2D eigenvalue weighted by Crippen LogP contribution is -2.39. The lowest BCUT2D eigenvalue weighted by Gasteiger charge is -2.16. The number of hydrogen-bond donors (Lipinski definition) is 1.